The molecule has 0 saturated carbocycles. The van der Waals surface area contributed by atoms with Gasteiger partial charge in [0.05, 0.1) is 6.54 Å². The van der Waals surface area contributed by atoms with Crippen LogP contribution in [0.3, 0.4) is 0 Å². The first-order valence-electron chi connectivity index (χ1n) is 6.08. The fraction of sp³-hybridized carbons (Fsp3) is 0.833. The summed E-state index contributed by atoms with van der Waals surface area (Å²) in [6, 6.07) is 0. The lowest BCUT2D eigenvalue weighted by molar-refractivity contribution is -0.144. The van der Waals surface area contributed by atoms with Crippen LogP contribution in [0.5, 0.6) is 0 Å². The number of rotatable bonds is 2. The zero-order valence-corrected chi connectivity index (χ0v) is 12.5. The third-order valence-corrected chi connectivity index (χ3v) is 2.89. The average molecular weight is 278 g/mol. The van der Waals surface area contributed by atoms with E-state index in [1.807, 2.05) is 30.6 Å². The first-order chi connectivity index (χ1) is 7.86. The minimum Gasteiger partial charge on any atom is -0.339 e. The number of halogens is 1. The summed E-state index contributed by atoms with van der Waals surface area (Å²) < 4.78 is 0. The van der Waals surface area contributed by atoms with Gasteiger partial charge < -0.3 is 15.1 Å². The largest absolute Gasteiger partial charge is 0.339 e. The van der Waals surface area contributed by atoms with Crippen LogP contribution in [-0.4, -0.2) is 61.4 Å². The van der Waals surface area contributed by atoms with Gasteiger partial charge in [0, 0.05) is 31.6 Å². The maximum absolute atomic E-state index is 12.0. The summed E-state index contributed by atoms with van der Waals surface area (Å²) in [5.41, 5.74) is -0.336. The number of carbonyl (C=O) groups excluding carboxylic acids is 2. The van der Waals surface area contributed by atoms with Crippen LogP contribution >= 0.6 is 12.4 Å². The molecule has 1 N–H and O–H groups in total. The van der Waals surface area contributed by atoms with E-state index in [0.717, 1.165) is 0 Å². The molecular formula is C12H24ClN3O2. The van der Waals surface area contributed by atoms with E-state index in [-0.39, 0.29) is 29.6 Å². The molecular weight excluding hydrogens is 254 g/mol. The second kappa shape index (κ2) is 6.95. The van der Waals surface area contributed by atoms with Crippen molar-refractivity contribution in [3.63, 3.8) is 0 Å². The van der Waals surface area contributed by atoms with Crippen molar-refractivity contribution < 1.29 is 9.59 Å². The number of hydrogen-bond donors (Lipinski definition) is 1. The van der Waals surface area contributed by atoms with Gasteiger partial charge in [0.25, 0.3) is 0 Å². The normalized spacial score (nSPS) is 16.2. The molecule has 0 bridgehead atoms. The van der Waals surface area contributed by atoms with Crippen LogP contribution in [0.15, 0.2) is 0 Å². The van der Waals surface area contributed by atoms with Crippen molar-refractivity contribution in [2.24, 2.45) is 5.41 Å². The SMILES string of the molecule is CNCC(=O)N1CCN(C(=O)C(C)(C)C)CC1.Cl. The van der Waals surface area contributed by atoms with Crippen LogP contribution in [0.25, 0.3) is 0 Å². The molecule has 0 atom stereocenters. The lowest BCUT2D eigenvalue weighted by Gasteiger charge is -2.37. The number of nitrogens with one attached hydrogen (secondary N) is 1. The van der Waals surface area contributed by atoms with Crippen LogP contribution in [-0.2, 0) is 9.59 Å². The Kier molecular flexibility index (Phi) is 6.63. The summed E-state index contributed by atoms with van der Waals surface area (Å²) in [5.74, 6) is 0.272. The van der Waals surface area contributed by atoms with Crippen LogP contribution in [0.1, 0.15) is 20.8 Å². The Bertz CT molecular complexity index is 294. The van der Waals surface area contributed by atoms with Crippen molar-refractivity contribution in [2.75, 3.05) is 39.8 Å². The number of amides is 2. The topological polar surface area (TPSA) is 52.7 Å². The average Bonchev–Trinajstić information content (AvgIpc) is 2.27. The summed E-state index contributed by atoms with van der Waals surface area (Å²) in [7, 11) is 1.76. The number of hydrogen-bond acceptors (Lipinski definition) is 3. The molecule has 0 unspecified atom stereocenters. The molecule has 106 valence electrons. The predicted molar refractivity (Wildman–Crippen MR) is 73.8 cm³/mol. The van der Waals surface area contributed by atoms with Gasteiger partial charge in [-0.05, 0) is 7.05 Å². The van der Waals surface area contributed by atoms with Crippen LogP contribution in [0.2, 0.25) is 0 Å². The summed E-state index contributed by atoms with van der Waals surface area (Å²) in [4.78, 5) is 27.3. The van der Waals surface area contributed by atoms with Crippen molar-refractivity contribution in [1.29, 1.82) is 0 Å². The molecule has 2 amide bonds. The van der Waals surface area contributed by atoms with Gasteiger partial charge in [0.1, 0.15) is 0 Å². The minimum atomic E-state index is -0.336. The maximum atomic E-state index is 12.0. The van der Waals surface area contributed by atoms with Crippen LogP contribution in [0.4, 0.5) is 0 Å². The Labute approximate surface area is 115 Å². The summed E-state index contributed by atoms with van der Waals surface area (Å²) in [5, 5.41) is 2.85. The Hall–Kier alpha value is -0.810. The second-order valence-electron chi connectivity index (χ2n) is 5.45. The van der Waals surface area contributed by atoms with Gasteiger partial charge in [-0.1, -0.05) is 20.8 Å². The van der Waals surface area contributed by atoms with Gasteiger partial charge in [-0.25, -0.2) is 0 Å². The third kappa shape index (κ3) is 4.46. The molecule has 0 radical (unpaired) electrons. The van der Waals surface area contributed by atoms with Crippen molar-refractivity contribution in [3.05, 3.63) is 0 Å². The molecule has 1 rings (SSSR count). The van der Waals surface area contributed by atoms with E-state index in [9.17, 15) is 9.59 Å². The highest BCUT2D eigenvalue weighted by molar-refractivity contribution is 5.85. The standard InChI is InChI=1S/C12H23N3O2.ClH/c1-12(2,3)11(17)15-7-5-14(6-8-15)10(16)9-13-4;/h13H,5-9H2,1-4H3;1H. The van der Waals surface area contributed by atoms with Crippen LogP contribution in [0, 0.1) is 5.41 Å². The maximum Gasteiger partial charge on any atom is 0.236 e. The zero-order chi connectivity index (χ0) is 13.1. The molecule has 5 nitrogen and oxygen atoms in total. The Morgan fingerprint density at radius 1 is 1.06 bits per heavy atom. The fourth-order valence-electron chi connectivity index (χ4n) is 1.90. The van der Waals surface area contributed by atoms with Gasteiger partial charge in [0.15, 0.2) is 0 Å². The zero-order valence-electron chi connectivity index (χ0n) is 11.7. The van der Waals surface area contributed by atoms with Crippen molar-refractivity contribution >= 4 is 24.2 Å². The molecule has 18 heavy (non-hydrogen) atoms. The van der Waals surface area contributed by atoms with E-state index in [1.165, 1.54) is 0 Å². The Morgan fingerprint density at radius 2 is 1.50 bits per heavy atom. The van der Waals surface area contributed by atoms with Gasteiger partial charge in [-0.15, -0.1) is 12.4 Å². The van der Waals surface area contributed by atoms with Crippen molar-refractivity contribution in [3.8, 4) is 0 Å². The van der Waals surface area contributed by atoms with E-state index in [2.05, 4.69) is 5.32 Å². The first kappa shape index (κ1) is 17.2. The lowest BCUT2D eigenvalue weighted by atomic mass is 9.94. The highest BCUT2D eigenvalue weighted by Gasteiger charge is 2.30. The molecule has 1 fully saturated rings. The van der Waals surface area contributed by atoms with Gasteiger partial charge in [-0.3, -0.25) is 9.59 Å². The molecule has 0 aromatic rings. The number of likely N-dealkylation sites (N-methyl/N-ethyl adjacent to an activating group) is 1. The van der Waals surface area contributed by atoms with E-state index in [0.29, 0.717) is 32.7 Å². The first-order valence-corrected chi connectivity index (χ1v) is 6.08. The number of carbonyl (C=O) groups is 2. The molecule has 1 aliphatic rings. The van der Waals surface area contributed by atoms with Crippen molar-refractivity contribution in [1.82, 2.24) is 15.1 Å². The second-order valence-corrected chi connectivity index (χ2v) is 5.45. The summed E-state index contributed by atoms with van der Waals surface area (Å²) in [6.45, 7) is 8.71. The van der Waals surface area contributed by atoms with Gasteiger partial charge in [-0.2, -0.15) is 0 Å². The molecule has 0 aliphatic carbocycles. The molecule has 0 aromatic heterocycles. The third-order valence-electron chi connectivity index (χ3n) is 2.89. The lowest BCUT2D eigenvalue weighted by Crippen LogP contribution is -2.54. The monoisotopic (exact) mass is 277 g/mol. The molecule has 1 aliphatic heterocycles. The molecule has 1 heterocycles. The quantitative estimate of drug-likeness (QED) is 0.792. The number of nitrogens with zero attached hydrogens (tertiary/aromatic N) is 2. The Morgan fingerprint density at radius 3 is 1.89 bits per heavy atom. The predicted octanol–water partition coefficient (Wildman–Crippen LogP) is 0.345. The molecule has 1 saturated heterocycles. The summed E-state index contributed by atoms with van der Waals surface area (Å²) in [6.07, 6.45) is 0. The van der Waals surface area contributed by atoms with E-state index in [1.54, 1.807) is 7.05 Å². The molecule has 0 spiro atoms. The highest BCUT2D eigenvalue weighted by atomic mass is 35.5. The highest BCUT2D eigenvalue weighted by Crippen LogP contribution is 2.18. The smallest absolute Gasteiger partial charge is 0.236 e. The van der Waals surface area contributed by atoms with Gasteiger partial charge >= 0.3 is 0 Å². The van der Waals surface area contributed by atoms with Gasteiger partial charge in [0.2, 0.25) is 11.8 Å². The van der Waals surface area contributed by atoms with Crippen LogP contribution < -0.4 is 5.32 Å². The van der Waals surface area contributed by atoms with E-state index < -0.39 is 0 Å². The Balaban J connectivity index is 0.00000289. The molecule has 0 aromatic carbocycles. The minimum absolute atomic E-state index is 0. The fourth-order valence-corrected chi connectivity index (χ4v) is 1.90. The summed E-state index contributed by atoms with van der Waals surface area (Å²) >= 11 is 0. The number of piperazine rings is 1. The van der Waals surface area contributed by atoms with E-state index >= 15 is 0 Å². The van der Waals surface area contributed by atoms with Crippen molar-refractivity contribution in [2.45, 2.75) is 20.8 Å². The molecule has 6 heteroatoms. The van der Waals surface area contributed by atoms with E-state index in [4.69, 9.17) is 0 Å².